The fraction of sp³-hybridized carbons (Fsp3) is 0.346. The van der Waals surface area contributed by atoms with Crippen LogP contribution in [0.25, 0.3) is 0 Å². The zero-order valence-electron chi connectivity index (χ0n) is 40.9. The van der Waals surface area contributed by atoms with E-state index in [-0.39, 0.29) is 58.5 Å². The second-order valence-electron chi connectivity index (χ2n) is 18.7. The number of aliphatic hydroxyl groups is 2. The molecule has 14 nitrogen and oxygen atoms in total. The number of nitrogens with zero attached hydrogens (tertiary/aromatic N) is 6. The van der Waals surface area contributed by atoms with Crippen molar-refractivity contribution in [3.05, 3.63) is 155 Å². The quantitative estimate of drug-likeness (QED) is 0.109. The molecule has 2 aromatic heterocycles. The molecule has 0 bridgehead atoms. The van der Waals surface area contributed by atoms with Crippen molar-refractivity contribution in [3.8, 4) is 0 Å². The summed E-state index contributed by atoms with van der Waals surface area (Å²) >= 11 is 2.35. The second kappa shape index (κ2) is 22.3. The molecule has 2 saturated heterocycles. The average Bonchev–Trinajstić information content (AvgIpc) is 4.10. The average molecular weight is 1060 g/mol. The van der Waals surface area contributed by atoms with Gasteiger partial charge in [0.2, 0.25) is 11.8 Å². The maximum Gasteiger partial charge on any atom is 0.252 e. The third-order valence-electron chi connectivity index (χ3n) is 12.7. The third kappa shape index (κ3) is 12.8. The fourth-order valence-electron chi connectivity index (χ4n) is 8.77. The van der Waals surface area contributed by atoms with Gasteiger partial charge in [-0.25, -0.2) is 25.6 Å². The summed E-state index contributed by atoms with van der Waals surface area (Å²) in [5, 5.41) is 24.1. The summed E-state index contributed by atoms with van der Waals surface area (Å²) < 4.78 is 83.7. The van der Waals surface area contributed by atoms with Crippen LogP contribution in [0.5, 0.6) is 0 Å². The number of hydrogen-bond donors (Lipinski definition) is 2. The molecule has 72 heavy (non-hydrogen) atoms. The van der Waals surface area contributed by atoms with E-state index in [1.54, 1.807) is 96.8 Å². The molecule has 0 saturated carbocycles. The van der Waals surface area contributed by atoms with E-state index < -0.39 is 42.9 Å². The minimum atomic E-state index is -3.67. The normalized spacial score (nSPS) is 17.2. The van der Waals surface area contributed by atoms with Crippen LogP contribution in [-0.4, -0.2) is 112 Å². The lowest BCUT2D eigenvalue weighted by atomic mass is 9.98. The Morgan fingerprint density at radius 3 is 1.17 bits per heavy atom. The lowest BCUT2D eigenvalue weighted by Crippen LogP contribution is -2.58. The summed E-state index contributed by atoms with van der Waals surface area (Å²) in [4.78, 5) is 32.5. The second-order valence-corrected chi connectivity index (χ2v) is 24.9. The van der Waals surface area contributed by atoms with Gasteiger partial charge in [-0.2, -0.15) is 8.61 Å². The van der Waals surface area contributed by atoms with Gasteiger partial charge in [-0.3, -0.25) is 9.59 Å². The maximum absolute atomic E-state index is 13.5. The molecular weight excluding hydrogens is 1000 g/mol. The molecule has 2 aliphatic rings. The van der Waals surface area contributed by atoms with Crippen LogP contribution in [0.3, 0.4) is 0 Å². The SMILES string of the molecule is CC(=O)N(C[C@H]1CN(S(=O)(=O)c2cccs2)CCN1c1ccc(C(C)(C)O)cc1)c1ccc(F)cc1.CC(=O)N(C[C@H]1CN(S(=O)(=O)c2cccs2)CCN1c1ccc(C(C)(C)O)cc1)c1ccc(F)cc1. The van der Waals surface area contributed by atoms with Crippen LogP contribution in [0.2, 0.25) is 0 Å². The number of anilines is 4. The Kier molecular flexibility index (Phi) is 16.8. The predicted octanol–water partition coefficient (Wildman–Crippen LogP) is 8.09. The van der Waals surface area contributed by atoms with E-state index >= 15 is 0 Å². The number of thiophene rings is 2. The Bertz CT molecular complexity index is 2780. The highest BCUT2D eigenvalue weighted by atomic mass is 32.3. The third-order valence-corrected chi connectivity index (χ3v) is 19.2. The van der Waals surface area contributed by atoms with E-state index in [0.29, 0.717) is 37.6 Å². The molecule has 2 atom stereocenters. The molecule has 20 heteroatoms. The van der Waals surface area contributed by atoms with E-state index in [4.69, 9.17) is 0 Å². The van der Waals surface area contributed by atoms with Gasteiger partial charge >= 0.3 is 0 Å². The predicted molar refractivity (Wildman–Crippen MR) is 281 cm³/mol. The lowest BCUT2D eigenvalue weighted by Gasteiger charge is -2.43. The number of carbonyl (C=O) groups is 2. The number of halogens is 2. The zero-order valence-corrected chi connectivity index (χ0v) is 44.2. The van der Waals surface area contributed by atoms with Gasteiger partial charge in [-0.1, -0.05) is 36.4 Å². The number of sulfonamides is 2. The van der Waals surface area contributed by atoms with Gasteiger partial charge in [0.15, 0.2) is 0 Å². The number of hydrogen-bond acceptors (Lipinski definition) is 12. The van der Waals surface area contributed by atoms with Crippen LogP contribution >= 0.6 is 22.7 Å². The van der Waals surface area contributed by atoms with Gasteiger partial charge in [0.1, 0.15) is 20.1 Å². The van der Waals surface area contributed by atoms with Gasteiger partial charge in [0, 0.05) is 89.0 Å². The zero-order chi connectivity index (χ0) is 52.2. The molecule has 0 unspecified atom stereocenters. The molecule has 0 spiro atoms. The summed E-state index contributed by atoms with van der Waals surface area (Å²) in [5.74, 6) is -1.25. The number of carbonyl (C=O) groups excluding carboxylic acids is 2. The van der Waals surface area contributed by atoms with Crippen LogP contribution < -0.4 is 19.6 Å². The molecule has 0 aliphatic carbocycles. The van der Waals surface area contributed by atoms with Crippen molar-refractivity contribution in [2.24, 2.45) is 0 Å². The van der Waals surface area contributed by atoms with Crippen molar-refractivity contribution in [2.75, 3.05) is 72.0 Å². The Labute approximate surface area is 429 Å². The van der Waals surface area contributed by atoms with E-state index in [9.17, 15) is 45.4 Å². The minimum absolute atomic E-state index is 0.179. The molecule has 4 aromatic carbocycles. The van der Waals surface area contributed by atoms with Crippen molar-refractivity contribution in [3.63, 3.8) is 0 Å². The summed E-state index contributed by atoms with van der Waals surface area (Å²) in [6, 6.07) is 32.3. The molecule has 4 heterocycles. The Morgan fingerprint density at radius 2 is 0.889 bits per heavy atom. The Morgan fingerprint density at radius 1 is 0.556 bits per heavy atom. The van der Waals surface area contributed by atoms with Crippen molar-refractivity contribution in [1.82, 2.24) is 8.61 Å². The summed E-state index contributed by atoms with van der Waals surface area (Å²) in [6.07, 6.45) is 0. The largest absolute Gasteiger partial charge is 0.386 e. The van der Waals surface area contributed by atoms with Gasteiger partial charge in [-0.05, 0) is 135 Å². The molecule has 0 radical (unpaired) electrons. The summed E-state index contributed by atoms with van der Waals surface area (Å²) in [6.45, 7) is 12.0. The van der Waals surface area contributed by atoms with E-state index in [1.165, 1.54) is 69.4 Å². The number of amides is 2. The Hall–Kier alpha value is -5.58. The van der Waals surface area contributed by atoms with Crippen molar-refractivity contribution < 1.29 is 45.4 Å². The highest BCUT2D eigenvalue weighted by Crippen LogP contribution is 2.32. The van der Waals surface area contributed by atoms with Gasteiger partial charge in [-0.15, -0.1) is 22.7 Å². The standard InChI is InChI=1S/2C26H30FN3O4S2/c2*1-19(31)30(23-12-8-21(27)9-13-23)18-24-17-28(36(33,34)25-5-4-16-35-25)14-15-29(24)22-10-6-20(7-11-22)26(2,3)32/h2*4-13,16,24,32H,14-15,17-18H2,1-3H3/t2*24-/m11/s1. The summed E-state index contributed by atoms with van der Waals surface area (Å²) in [5.41, 5.74) is 2.36. The molecule has 6 aromatic rings. The Balaban J connectivity index is 0.000000211. The maximum atomic E-state index is 13.5. The number of benzene rings is 4. The first-order chi connectivity index (χ1) is 33.9. The van der Waals surface area contributed by atoms with Crippen molar-refractivity contribution in [2.45, 2.75) is 73.2 Å². The molecule has 2 fully saturated rings. The number of piperazine rings is 2. The molecular formula is C52H60F2N6O8S4. The first-order valence-corrected chi connectivity index (χ1v) is 27.9. The van der Waals surface area contributed by atoms with Crippen molar-refractivity contribution in [1.29, 1.82) is 0 Å². The minimum Gasteiger partial charge on any atom is -0.386 e. The van der Waals surface area contributed by atoms with Gasteiger partial charge < -0.3 is 29.8 Å². The molecule has 2 N–H and O–H groups in total. The monoisotopic (exact) mass is 1060 g/mol. The van der Waals surface area contributed by atoms with Crippen LogP contribution in [0.1, 0.15) is 52.7 Å². The van der Waals surface area contributed by atoms with Crippen LogP contribution in [-0.2, 0) is 40.8 Å². The smallest absolute Gasteiger partial charge is 0.252 e. The van der Waals surface area contributed by atoms with Crippen LogP contribution in [0.4, 0.5) is 31.5 Å². The summed E-state index contributed by atoms with van der Waals surface area (Å²) in [7, 11) is -7.34. The first-order valence-electron chi connectivity index (χ1n) is 23.3. The highest BCUT2D eigenvalue weighted by molar-refractivity contribution is 7.91. The van der Waals surface area contributed by atoms with E-state index in [1.807, 2.05) is 48.5 Å². The van der Waals surface area contributed by atoms with Crippen LogP contribution in [0, 0.1) is 11.6 Å². The van der Waals surface area contributed by atoms with Crippen LogP contribution in [0.15, 0.2) is 141 Å². The fourth-order valence-corrected chi connectivity index (χ4v) is 14.0. The van der Waals surface area contributed by atoms with Crippen molar-refractivity contribution >= 4 is 77.3 Å². The first kappa shape index (κ1) is 54.2. The molecule has 8 rings (SSSR count). The molecule has 384 valence electrons. The molecule has 2 amide bonds. The topological polar surface area (TPSA) is 162 Å². The van der Waals surface area contributed by atoms with E-state index in [0.717, 1.165) is 22.5 Å². The highest BCUT2D eigenvalue weighted by Gasteiger charge is 2.38. The number of rotatable bonds is 14. The van der Waals surface area contributed by atoms with Gasteiger partial charge in [0.05, 0.1) is 23.3 Å². The lowest BCUT2D eigenvalue weighted by molar-refractivity contribution is -0.117. The molecule has 2 aliphatic heterocycles. The van der Waals surface area contributed by atoms with E-state index in [2.05, 4.69) is 9.80 Å². The van der Waals surface area contributed by atoms with Gasteiger partial charge in [0.25, 0.3) is 20.0 Å².